The topological polar surface area (TPSA) is 102 Å². The highest BCUT2D eigenvalue weighted by Crippen LogP contribution is 2.28. The molecule has 4 rings (SSSR count). The zero-order chi connectivity index (χ0) is 19.8. The number of carboxylic acid groups (broad SMARTS) is 1. The highest BCUT2D eigenvalue weighted by atomic mass is 19.1. The Labute approximate surface area is 157 Å². The molecule has 142 valence electrons. The van der Waals surface area contributed by atoms with Crippen molar-refractivity contribution >= 4 is 22.6 Å². The highest BCUT2D eigenvalue weighted by Gasteiger charge is 2.17. The summed E-state index contributed by atoms with van der Waals surface area (Å²) in [5, 5.41) is 21.5. The van der Waals surface area contributed by atoms with Crippen LogP contribution in [0.1, 0.15) is 18.5 Å². The van der Waals surface area contributed by atoms with E-state index in [-0.39, 0.29) is 29.9 Å². The molecule has 1 N–H and O–H groups in total. The maximum Gasteiger partial charge on any atom is 0.303 e. The number of aromatic nitrogens is 5. The van der Waals surface area contributed by atoms with E-state index >= 15 is 0 Å². The van der Waals surface area contributed by atoms with E-state index in [1.807, 2.05) is 6.92 Å². The summed E-state index contributed by atoms with van der Waals surface area (Å²) < 4.78 is 16.2. The third kappa shape index (κ3) is 3.00. The van der Waals surface area contributed by atoms with Crippen LogP contribution in [0.4, 0.5) is 4.39 Å². The molecular formula is C19H16FN5O3. The summed E-state index contributed by atoms with van der Waals surface area (Å²) in [7, 11) is 0. The maximum atomic E-state index is 13.2. The third-order valence-electron chi connectivity index (χ3n) is 4.55. The van der Waals surface area contributed by atoms with E-state index in [9.17, 15) is 14.0 Å². The van der Waals surface area contributed by atoms with Gasteiger partial charge in [-0.15, -0.1) is 10.2 Å². The number of halogens is 1. The van der Waals surface area contributed by atoms with Crippen LogP contribution in [0.3, 0.4) is 0 Å². The van der Waals surface area contributed by atoms with Gasteiger partial charge in [-0.3, -0.25) is 9.59 Å². The van der Waals surface area contributed by atoms with Gasteiger partial charge in [-0.2, -0.15) is 5.10 Å². The number of nitrogens with zero attached hydrogens (tertiary/aromatic N) is 5. The van der Waals surface area contributed by atoms with Crippen LogP contribution in [0.5, 0.6) is 0 Å². The first-order valence-corrected chi connectivity index (χ1v) is 8.68. The number of fused-ring (bicyclic) bond motifs is 3. The molecule has 0 aliphatic carbocycles. The van der Waals surface area contributed by atoms with Crippen molar-refractivity contribution in [1.82, 2.24) is 24.4 Å². The number of rotatable bonds is 5. The number of carbonyl (C=O) groups is 1. The minimum Gasteiger partial charge on any atom is -0.481 e. The van der Waals surface area contributed by atoms with Crippen molar-refractivity contribution in [2.45, 2.75) is 26.3 Å². The number of hydrogen-bond acceptors (Lipinski definition) is 5. The summed E-state index contributed by atoms with van der Waals surface area (Å²) >= 11 is 0. The van der Waals surface area contributed by atoms with Gasteiger partial charge in [0.2, 0.25) is 0 Å². The Hall–Kier alpha value is -3.62. The molecule has 4 aromatic rings. The van der Waals surface area contributed by atoms with Gasteiger partial charge in [0, 0.05) is 19.2 Å². The minimum absolute atomic E-state index is 0.0193. The van der Waals surface area contributed by atoms with E-state index in [0.717, 1.165) is 11.1 Å². The van der Waals surface area contributed by atoms with Crippen molar-refractivity contribution in [2.75, 3.05) is 0 Å². The van der Waals surface area contributed by atoms with Crippen LogP contribution in [0.15, 0.2) is 41.3 Å². The lowest BCUT2D eigenvalue weighted by atomic mass is 10.1. The van der Waals surface area contributed by atoms with Crippen molar-refractivity contribution in [1.29, 1.82) is 0 Å². The molecule has 8 nitrogen and oxygen atoms in total. The van der Waals surface area contributed by atoms with Crippen LogP contribution < -0.4 is 5.56 Å². The second-order valence-electron chi connectivity index (χ2n) is 6.45. The largest absolute Gasteiger partial charge is 0.481 e. The monoisotopic (exact) mass is 381 g/mol. The quantitative estimate of drug-likeness (QED) is 0.570. The fourth-order valence-electron chi connectivity index (χ4n) is 3.22. The van der Waals surface area contributed by atoms with Gasteiger partial charge in [0.25, 0.3) is 5.56 Å². The molecular weight excluding hydrogens is 365 g/mol. The fourth-order valence-corrected chi connectivity index (χ4v) is 3.22. The number of benzene rings is 1. The molecule has 0 saturated heterocycles. The van der Waals surface area contributed by atoms with Crippen molar-refractivity contribution in [3.63, 3.8) is 0 Å². The van der Waals surface area contributed by atoms with Crippen molar-refractivity contribution < 1.29 is 14.3 Å². The standard InChI is InChI=1S/C19H16FN5O3/c1-11-16(12-4-6-13(20)7-5-12)18-22-21-17-14(25(18)23-11)8-10-24(19(17)28)9-2-3-15(26)27/h4-8,10H,2-3,9H2,1H3,(H,26,27). The van der Waals surface area contributed by atoms with Crippen LogP contribution in [0.25, 0.3) is 27.8 Å². The Balaban J connectivity index is 1.83. The summed E-state index contributed by atoms with van der Waals surface area (Å²) in [5.41, 5.74) is 2.93. The molecule has 0 bridgehead atoms. The van der Waals surface area contributed by atoms with Crippen LogP contribution >= 0.6 is 0 Å². The molecule has 0 aliphatic rings. The summed E-state index contributed by atoms with van der Waals surface area (Å²) in [6.45, 7) is 2.09. The smallest absolute Gasteiger partial charge is 0.303 e. The van der Waals surface area contributed by atoms with Crippen molar-refractivity contribution in [3.8, 4) is 11.1 Å². The second kappa shape index (κ2) is 6.84. The van der Waals surface area contributed by atoms with Gasteiger partial charge in [-0.25, -0.2) is 8.91 Å². The van der Waals surface area contributed by atoms with Crippen molar-refractivity contribution in [2.24, 2.45) is 0 Å². The van der Waals surface area contributed by atoms with E-state index in [2.05, 4.69) is 15.3 Å². The Bertz CT molecular complexity index is 1260. The molecule has 0 atom stereocenters. The van der Waals surface area contributed by atoms with E-state index in [1.165, 1.54) is 16.7 Å². The van der Waals surface area contributed by atoms with Crippen LogP contribution in [0, 0.1) is 12.7 Å². The van der Waals surface area contributed by atoms with E-state index in [0.29, 0.717) is 23.3 Å². The Morgan fingerprint density at radius 2 is 1.93 bits per heavy atom. The van der Waals surface area contributed by atoms with Gasteiger partial charge in [0.15, 0.2) is 11.2 Å². The van der Waals surface area contributed by atoms with E-state index in [4.69, 9.17) is 5.11 Å². The third-order valence-corrected chi connectivity index (χ3v) is 4.55. The zero-order valence-electron chi connectivity index (χ0n) is 15.0. The lowest BCUT2D eigenvalue weighted by Gasteiger charge is -2.06. The molecule has 9 heteroatoms. The number of hydrogen-bond donors (Lipinski definition) is 1. The first-order chi connectivity index (χ1) is 13.5. The molecule has 1 aromatic carbocycles. The highest BCUT2D eigenvalue weighted by molar-refractivity contribution is 5.84. The number of carboxylic acids is 1. The Kier molecular flexibility index (Phi) is 4.34. The molecule has 0 spiro atoms. The average molecular weight is 381 g/mol. The average Bonchev–Trinajstić information content (AvgIpc) is 3.00. The minimum atomic E-state index is -0.907. The summed E-state index contributed by atoms with van der Waals surface area (Å²) in [6.07, 6.45) is 1.92. The van der Waals surface area contributed by atoms with Gasteiger partial charge in [0.1, 0.15) is 11.3 Å². The first-order valence-electron chi connectivity index (χ1n) is 8.68. The van der Waals surface area contributed by atoms with Gasteiger partial charge in [-0.05, 0) is 37.1 Å². The predicted molar refractivity (Wildman–Crippen MR) is 99.5 cm³/mol. The normalized spacial score (nSPS) is 11.4. The van der Waals surface area contributed by atoms with Gasteiger partial charge < -0.3 is 9.67 Å². The van der Waals surface area contributed by atoms with Crippen molar-refractivity contribution in [3.05, 3.63) is 58.4 Å². The first kappa shape index (κ1) is 17.8. The van der Waals surface area contributed by atoms with Crippen LogP contribution in [-0.2, 0) is 11.3 Å². The number of pyridine rings is 1. The zero-order valence-corrected chi connectivity index (χ0v) is 15.0. The number of aliphatic carboxylic acids is 1. The SMILES string of the molecule is Cc1nn2c(nnc3c(=O)n(CCCC(=O)O)ccc32)c1-c1ccc(F)cc1. The molecule has 0 fully saturated rings. The number of aryl methyl sites for hydroxylation is 2. The molecule has 0 radical (unpaired) electrons. The summed E-state index contributed by atoms with van der Waals surface area (Å²) in [6, 6.07) is 7.72. The lowest BCUT2D eigenvalue weighted by Crippen LogP contribution is -2.22. The molecule has 0 aliphatic heterocycles. The van der Waals surface area contributed by atoms with Gasteiger partial charge >= 0.3 is 5.97 Å². The molecule has 0 amide bonds. The van der Waals surface area contributed by atoms with Crippen LogP contribution in [0.2, 0.25) is 0 Å². The predicted octanol–water partition coefficient (Wildman–Crippen LogP) is 2.42. The molecule has 3 aromatic heterocycles. The van der Waals surface area contributed by atoms with E-state index in [1.54, 1.807) is 28.9 Å². The maximum absolute atomic E-state index is 13.2. The molecule has 0 unspecified atom stereocenters. The molecule has 3 heterocycles. The van der Waals surface area contributed by atoms with E-state index < -0.39 is 5.97 Å². The second-order valence-corrected chi connectivity index (χ2v) is 6.45. The summed E-state index contributed by atoms with van der Waals surface area (Å²) in [5.74, 6) is -1.24. The fraction of sp³-hybridized carbons (Fsp3) is 0.211. The van der Waals surface area contributed by atoms with Crippen LogP contribution in [-0.4, -0.2) is 35.5 Å². The summed E-state index contributed by atoms with van der Waals surface area (Å²) in [4.78, 5) is 23.3. The molecule has 28 heavy (non-hydrogen) atoms. The molecule has 0 saturated carbocycles. The Morgan fingerprint density at radius 1 is 1.18 bits per heavy atom. The van der Waals surface area contributed by atoms with Gasteiger partial charge in [-0.1, -0.05) is 12.1 Å². The lowest BCUT2D eigenvalue weighted by molar-refractivity contribution is -0.137. The van der Waals surface area contributed by atoms with Gasteiger partial charge in [0.05, 0.1) is 11.3 Å². The Morgan fingerprint density at radius 3 is 2.64 bits per heavy atom.